The van der Waals surface area contributed by atoms with Crippen LogP contribution >= 0.6 is 11.6 Å². The lowest BCUT2D eigenvalue weighted by atomic mass is 10.1. The molecule has 5 heteroatoms. The van der Waals surface area contributed by atoms with E-state index in [9.17, 15) is 9.90 Å². The first-order chi connectivity index (χ1) is 7.90. The summed E-state index contributed by atoms with van der Waals surface area (Å²) in [7, 11) is 0. The zero-order valence-electron chi connectivity index (χ0n) is 9.22. The van der Waals surface area contributed by atoms with Gasteiger partial charge in [0.2, 0.25) is 0 Å². The van der Waals surface area contributed by atoms with Gasteiger partial charge in [-0.15, -0.1) is 0 Å². The predicted octanol–water partition coefficient (Wildman–Crippen LogP) is 2.13. The summed E-state index contributed by atoms with van der Waals surface area (Å²) in [6.07, 6.45) is 1.73. The Kier molecular flexibility index (Phi) is 2.85. The highest BCUT2D eigenvalue weighted by molar-refractivity contribution is 6.31. The van der Waals surface area contributed by atoms with Crippen LogP contribution in [0.15, 0.2) is 30.5 Å². The third-order valence-corrected chi connectivity index (χ3v) is 2.91. The maximum absolute atomic E-state index is 10.9. The van der Waals surface area contributed by atoms with Crippen LogP contribution < -0.4 is 0 Å². The predicted molar refractivity (Wildman–Crippen MR) is 65.2 cm³/mol. The number of nitrogens with zero attached hydrogens (tertiary/aromatic N) is 1. The van der Waals surface area contributed by atoms with Crippen molar-refractivity contribution in [3.8, 4) is 0 Å². The number of carboxylic acids is 1. The molecule has 0 fully saturated rings. The molecule has 1 heterocycles. The molecule has 0 radical (unpaired) electrons. The molecule has 0 aliphatic rings. The summed E-state index contributed by atoms with van der Waals surface area (Å²) in [4.78, 5) is 10.9. The second-order valence-electron chi connectivity index (χ2n) is 4.23. The smallest absolute Gasteiger partial charge is 0.337 e. The number of aliphatic carboxylic acids is 1. The fraction of sp³-hybridized carbons (Fsp3) is 0.250. The number of rotatable bonds is 3. The van der Waals surface area contributed by atoms with Gasteiger partial charge in [0.15, 0.2) is 5.60 Å². The number of carboxylic acid groups (broad SMARTS) is 1. The van der Waals surface area contributed by atoms with Crippen LogP contribution in [0.25, 0.3) is 10.9 Å². The lowest BCUT2D eigenvalue weighted by Crippen LogP contribution is -2.39. The topological polar surface area (TPSA) is 62.5 Å². The standard InChI is InChI=1S/C12H12ClNO3/c1-12(17,11(15)16)7-14-5-4-8-2-3-9(13)6-10(8)14/h2-6,17H,7H2,1H3,(H,15,16). The molecule has 0 saturated heterocycles. The van der Waals surface area contributed by atoms with Crippen LogP contribution in [-0.4, -0.2) is 26.4 Å². The van der Waals surface area contributed by atoms with Gasteiger partial charge in [-0.1, -0.05) is 17.7 Å². The summed E-state index contributed by atoms with van der Waals surface area (Å²) in [5.41, 5.74) is -0.993. The highest BCUT2D eigenvalue weighted by Gasteiger charge is 2.30. The van der Waals surface area contributed by atoms with E-state index in [0.29, 0.717) is 5.02 Å². The van der Waals surface area contributed by atoms with Crippen molar-refractivity contribution in [2.45, 2.75) is 19.1 Å². The second-order valence-corrected chi connectivity index (χ2v) is 4.66. The first kappa shape index (κ1) is 12.0. The molecular weight excluding hydrogens is 242 g/mol. The van der Waals surface area contributed by atoms with E-state index >= 15 is 0 Å². The zero-order valence-corrected chi connectivity index (χ0v) is 9.98. The third-order valence-electron chi connectivity index (χ3n) is 2.67. The van der Waals surface area contributed by atoms with Gasteiger partial charge in [-0.05, 0) is 30.5 Å². The van der Waals surface area contributed by atoms with Crippen molar-refractivity contribution >= 4 is 28.5 Å². The van der Waals surface area contributed by atoms with Crippen LogP contribution in [-0.2, 0) is 11.3 Å². The van der Waals surface area contributed by atoms with Crippen LogP contribution in [0.3, 0.4) is 0 Å². The molecule has 0 spiro atoms. The molecular formula is C12H12ClNO3. The Balaban J connectivity index is 2.43. The number of aromatic nitrogens is 1. The molecule has 2 rings (SSSR count). The van der Waals surface area contributed by atoms with Crippen molar-refractivity contribution in [3.05, 3.63) is 35.5 Å². The Morgan fingerprint density at radius 3 is 2.82 bits per heavy atom. The Morgan fingerprint density at radius 1 is 1.47 bits per heavy atom. The molecule has 0 saturated carbocycles. The molecule has 1 aromatic carbocycles. The monoisotopic (exact) mass is 253 g/mol. The van der Waals surface area contributed by atoms with E-state index in [4.69, 9.17) is 16.7 Å². The second kappa shape index (κ2) is 4.05. The number of benzene rings is 1. The first-order valence-electron chi connectivity index (χ1n) is 5.10. The van der Waals surface area contributed by atoms with Crippen LogP contribution in [0, 0.1) is 0 Å². The quantitative estimate of drug-likeness (QED) is 0.881. The van der Waals surface area contributed by atoms with Crippen molar-refractivity contribution < 1.29 is 15.0 Å². The summed E-state index contributed by atoms with van der Waals surface area (Å²) in [5.74, 6) is -1.25. The van der Waals surface area contributed by atoms with Crippen LogP contribution in [0.2, 0.25) is 5.02 Å². The lowest BCUT2D eigenvalue weighted by Gasteiger charge is -2.19. The number of aliphatic hydroxyl groups is 1. The lowest BCUT2D eigenvalue weighted by molar-refractivity contribution is -0.157. The van der Waals surface area contributed by atoms with Gasteiger partial charge in [-0.2, -0.15) is 0 Å². The van der Waals surface area contributed by atoms with E-state index in [2.05, 4.69) is 0 Å². The van der Waals surface area contributed by atoms with Crippen molar-refractivity contribution in [1.29, 1.82) is 0 Å². The van der Waals surface area contributed by atoms with Crippen molar-refractivity contribution in [1.82, 2.24) is 4.57 Å². The van der Waals surface area contributed by atoms with E-state index in [-0.39, 0.29) is 6.54 Å². The normalized spacial score (nSPS) is 14.8. The largest absolute Gasteiger partial charge is 0.479 e. The zero-order chi connectivity index (χ0) is 12.6. The first-order valence-corrected chi connectivity index (χ1v) is 5.48. The molecule has 1 aromatic heterocycles. The summed E-state index contributed by atoms with van der Waals surface area (Å²) in [6.45, 7) is 1.25. The van der Waals surface area contributed by atoms with Crippen molar-refractivity contribution in [3.63, 3.8) is 0 Å². The maximum Gasteiger partial charge on any atom is 0.337 e. The van der Waals surface area contributed by atoms with Crippen LogP contribution in [0.4, 0.5) is 0 Å². The third kappa shape index (κ3) is 2.28. The fourth-order valence-corrected chi connectivity index (χ4v) is 1.86. The number of fused-ring (bicyclic) bond motifs is 1. The Labute approximate surface area is 103 Å². The molecule has 90 valence electrons. The van der Waals surface area contributed by atoms with Crippen LogP contribution in [0.5, 0.6) is 0 Å². The molecule has 4 nitrogen and oxygen atoms in total. The Hall–Kier alpha value is -1.52. The summed E-state index contributed by atoms with van der Waals surface area (Å²) < 4.78 is 1.68. The molecule has 2 aromatic rings. The summed E-state index contributed by atoms with van der Waals surface area (Å²) >= 11 is 5.89. The van der Waals surface area contributed by atoms with E-state index in [1.54, 1.807) is 22.9 Å². The van der Waals surface area contributed by atoms with Crippen molar-refractivity contribution in [2.75, 3.05) is 0 Å². The fourth-order valence-electron chi connectivity index (χ4n) is 1.69. The van der Waals surface area contributed by atoms with E-state index in [1.807, 2.05) is 12.1 Å². The van der Waals surface area contributed by atoms with Gasteiger partial charge in [0.25, 0.3) is 0 Å². The molecule has 17 heavy (non-hydrogen) atoms. The Morgan fingerprint density at radius 2 is 2.18 bits per heavy atom. The van der Waals surface area contributed by atoms with Gasteiger partial charge in [0.05, 0.1) is 6.54 Å². The minimum Gasteiger partial charge on any atom is -0.479 e. The van der Waals surface area contributed by atoms with Gasteiger partial charge < -0.3 is 14.8 Å². The number of carbonyl (C=O) groups is 1. The molecule has 1 unspecified atom stereocenters. The Bertz CT molecular complexity index is 574. The minimum atomic E-state index is -1.80. The van der Waals surface area contributed by atoms with E-state index in [0.717, 1.165) is 10.9 Å². The number of hydrogen-bond acceptors (Lipinski definition) is 2. The van der Waals surface area contributed by atoms with E-state index < -0.39 is 11.6 Å². The van der Waals surface area contributed by atoms with E-state index in [1.165, 1.54) is 6.92 Å². The van der Waals surface area contributed by atoms with Gasteiger partial charge in [0.1, 0.15) is 0 Å². The van der Waals surface area contributed by atoms with Crippen LogP contribution in [0.1, 0.15) is 6.92 Å². The molecule has 0 amide bonds. The van der Waals surface area contributed by atoms with Gasteiger partial charge >= 0.3 is 5.97 Å². The molecule has 0 aliphatic carbocycles. The van der Waals surface area contributed by atoms with Gasteiger partial charge in [-0.3, -0.25) is 0 Å². The SMILES string of the molecule is CC(O)(Cn1ccc2ccc(Cl)cc21)C(=O)O. The summed E-state index contributed by atoms with van der Waals surface area (Å²) in [6, 6.07) is 7.21. The molecule has 0 aliphatic heterocycles. The highest BCUT2D eigenvalue weighted by atomic mass is 35.5. The average molecular weight is 254 g/mol. The maximum atomic E-state index is 10.9. The summed E-state index contributed by atoms with van der Waals surface area (Å²) in [5, 5.41) is 20.1. The average Bonchev–Trinajstić information content (AvgIpc) is 2.60. The number of halogens is 1. The van der Waals surface area contributed by atoms with Gasteiger partial charge in [0, 0.05) is 16.7 Å². The minimum absolute atomic E-state index is 0.0217. The molecule has 1 atom stereocenters. The van der Waals surface area contributed by atoms with Crippen molar-refractivity contribution in [2.24, 2.45) is 0 Å². The van der Waals surface area contributed by atoms with Gasteiger partial charge in [-0.25, -0.2) is 4.79 Å². The molecule has 0 bridgehead atoms. The highest BCUT2D eigenvalue weighted by Crippen LogP contribution is 2.22. The molecule has 2 N–H and O–H groups in total. The number of hydrogen-bond donors (Lipinski definition) is 2.